The third kappa shape index (κ3) is 6.12. The first-order chi connectivity index (χ1) is 16.2. The number of pyridine rings is 1. The lowest BCUT2D eigenvalue weighted by atomic mass is 10.0. The van der Waals surface area contributed by atoms with Crippen molar-refractivity contribution >= 4 is 17.0 Å². The first-order valence-electron chi connectivity index (χ1n) is 10.8. The smallest absolute Gasteiger partial charge is 0.205 e. The zero-order valence-electron chi connectivity index (χ0n) is 18.4. The molecule has 0 saturated carbocycles. The number of aryl methyl sites for hydroxylation is 1. The predicted octanol–water partition coefficient (Wildman–Crippen LogP) is 6.44. The van der Waals surface area contributed by atoms with Gasteiger partial charge in [-0.3, -0.25) is 4.98 Å². The van der Waals surface area contributed by atoms with Crippen molar-refractivity contribution in [3.63, 3.8) is 0 Å². The Balaban J connectivity index is 1.40. The van der Waals surface area contributed by atoms with Crippen molar-refractivity contribution in [1.29, 1.82) is 5.26 Å². The maximum absolute atomic E-state index is 9.05. The number of aliphatic imine (C=N–C) groups is 1. The summed E-state index contributed by atoms with van der Waals surface area (Å²) in [6.45, 7) is 2.02. The molecule has 2 aromatic heterocycles. The van der Waals surface area contributed by atoms with Gasteiger partial charge in [0.05, 0.1) is 5.69 Å². The zero-order valence-corrected chi connectivity index (χ0v) is 19.2. The van der Waals surface area contributed by atoms with Crippen molar-refractivity contribution in [3.05, 3.63) is 101 Å². The average Bonchev–Trinajstić information content (AvgIpc) is 3.34. The van der Waals surface area contributed by atoms with Crippen molar-refractivity contribution in [2.24, 2.45) is 4.99 Å². The second-order valence-electron chi connectivity index (χ2n) is 7.61. The Hall–Kier alpha value is -3.82. The van der Waals surface area contributed by atoms with Gasteiger partial charge in [-0.15, -0.1) is 11.3 Å². The van der Waals surface area contributed by atoms with Crippen LogP contribution in [0.15, 0.2) is 89.5 Å². The molecule has 0 aliphatic rings. The van der Waals surface area contributed by atoms with Gasteiger partial charge in [0.2, 0.25) is 6.19 Å². The third-order valence-corrected chi connectivity index (χ3v) is 6.28. The second kappa shape index (κ2) is 11.2. The van der Waals surface area contributed by atoms with Gasteiger partial charge in [-0.2, -0.15) is 10.3 Å². The van der Waals surface area contributed by atoms with Crippen molar-refractivity contribution in [2.75, 3.05) is 0 Å². The predicted molar refractivity (Wildman–Crippen MR) is 132 cm³/mol. The molecule has 0 radical (unpaired) electrons. The van der Waals surface area contributed by atoms with Gasteiger partial charge in [-0.25, -0.2) is 4.98 Å². The number of ether oxygens (including phenoxy) is 1. The Morgan fingerprint density at radius 2 is 1.82 bits per heavy atom. The fraction of sp³-hybridized carbons (Fsp3) is 0.185. The molecular weight excluding hydrogens is 428 g/mol. The standard InChI is InChI=1S/C27H24N4OS/c1-20(32-26-10-6-5-9-25(26)22-7-3-2-4-8-22)27-31-24(18-33-27)12-11-23(30-19-28)17-21-13-15-29-16-14-21/h2-10,13-16,18,20H,11-12,17H2,1H3/t20-/m0/s1. The van der Waals surface area contributed by atoms with E-state index in [1.165, 1.54) is 0 Å². The molecule has 0 N–H and O–H groups in total. The summed E-state index contributed by atoms with van der Waals surface area (Å²) in [5, 5.41) is 12.0. The SMILES string of the molecule is C[C@H](Oc1ccccc1-c1ccccc1)c1nc(CCC(Cc2ccncc2)=NC#N)cs1. The molecule has 0 bridgehead atoms. The molecule has 33 heavy (non-hydrogen) atoms. The van der Waals surface area contributed by atoms with Gasteiger partial charge in [0, 0.05) is 35.5 Å². The largest absolute Gasteiger partial charge is 0.483 e. The van der Waals surface area contributed by atoms with Crippen molar-refractivity contribution in [1.82, 2.24) is 9.97 Å². The van der Waals surface area contributed by atoms with Crippen LogP contribution in [0.1, 0.15) is 35.7 Å². The minimum Gasteiger partial charge on any atom is -0.483 e. The molecule has 4 aromatic rings. The van der Waals surface area contributed by atoms with E-state index in [1.807, 2.05) is 61.6 Å². The number of nitrogens with zero attached hydrogens (tertiary/aromatic N) is 4. The van der Waals surface area contributed by atoms with E-state index in [9.17, 15) is 0 Å². The summed E-state index contributed by atoms with van der Waals surface area (Å²) in [4.78, 5) is 12.9. The van der Waals surface area contributed by atoms with Crippen molar-refractivity contribution in [2.45, 2.75) is 32.3 Å². The molecule has 0 saturated heterocycles. The fourth-order valence-electron chi connectivity index (χ4n) is 3.55. The van der Waals surface area contributed by atoms with Crippen LogP contribution in [0.4, 0.5) is 0 Å². The molecule has 0 aliphatic carbocycles. The zero-order chi connectivity index (χ0) is 22.9. The van der Waals surface area contributed by atoms with E-state index >= 15 is 0 Å². The Bertz CT molecular complexity index is 1250. The molecule has 4 rings (SSSR count). The van der Waals surface area contributed by atoms with Crippen LogP contribution in [-0.4, -0.2) is 15.7 Å². The quantitative estimate of drug-likeness (QED) is 0.216. The van der Waals surface area contributed by atoms with Gasteiger partial charge in [-0.05, 0) is 49.1 Å². The summed E-state index contributed by atoms with van der Waals surface area (Å²) in [7, 11) is 0. The molecule has 2 aromatic carbocycles. The Morgan fingerprint density at radius 3 is 2.61 bits per heavy atom. The second-order valence-corrected chi connectivity index (χ2v) is 8.50. The molecule has 2 heterocycles. The molecule has 164 valence electrons. The van der Waals surface area contributed by atoms with Gasteiger partial charge in [0.15, 0.2) is 0 Å². The molecule has 0 spiro atoms. The van der Waals surface area contributed by atoms with Gasteiger partial charge < -0.3 is 4.74 Å². The Labute approximate surface area is 198 Å². The highest BCUT2D eigenvalue weighted by molar-refractivity contribution is 7.09. The molecule has 5 nitrogen and oxygen atoms in total. The van der Waals surface area contributed by atoms with Crippen LogP contribution in [0.3, 0.4) is 0 Å². The molecular formula is C27H24N4OS. The number of aromatic nitrogens is 2. The summed E-state index contributed by atoms with van der Waals surface area (Å²) in [5.74, 6) is 0.841. The number of hydrogen-bond acceptors (Lipinski definition) is 6. The van der Waals surface area contributed by atoms with E-state index in [4.69, 9.17) is 15.0 Å². The van der Waals surface area contributed by atoms with Crippen molar-refractivity contribution < 1.29 is 4.74 Å². The maximum atomic E-state index is 9.05. The number of para-hydroxylation sites is 1. The lowest BCUT2D eigenvalue weighted by Crippen LogP contribution is -2.06. The number of nitriles is 1. The molecule has 0 amide bonds. The van der Waals surface area contributed by atoms with Crippen LogP contribution >= 0.6 is 11.3 Å². The minimum atomic E-state index is -0.169. The van der Waals surface area contributed by atoms with E-state index < -0.39 is 0 Å². The topological polar surface area (TPSA) is 71.2 Å². The number of thiazole rings is 1. The van der Waals surface area contributed by atoms with E-state index in [-0.39, 0.29) is 6.10 Å². The van der Waals surface area contributed by atoms with Gasteiger partial charge in [0.25, 0.3) is 0 Å². The average molecular weight is 453 g/mol. The lowest BCUT2D eigenvalue weighted by Gasteiger charge is -2.16. The Morgan fingerprint density at radius 1 is 1.06 bits per heavy atom. The highest BCUT2D eigenvalue weighted by Crippen LogP contribution is 2.33. The number of hydrogen-bond donors (Lipinski definition) is 0. The summed E-state index contributed by atoms with van der Waals surface area (Å²) in [6, 6.07) is 22.2. The molecule has 1 atom stereocenters. The van der Waals surface area contributed by atoms with E-state index in [0.29, 0.717) is 12.8 Å². The van der Waals surface area contributed by atoms with E-state index in [1.54, 1.807) is 23.7 Å². The van der Waals surface area contributed by atoms with Crippen molar-refractivity contribution in [3.8, 4) is 23.1 Å². The van der Waals surface area contributed by atoms with Crippen LogP contribution in [-0.2, 0) is 12.8 Å². The summed E-state index contributed by atoms with van der Waals surface area (Å²) < 4.78 is 6.32. The minimum absolute atomic E-state index is 0.169. The molecule has 0 aliphatic heterocycles. The molecule has 0 fully saturated rings. The van der Waals surface area contributed by atoms with Gasteiger partial charge in [-0.1, -0.05) is 48.5 Å². The molecule has 0 unspecified atom stereocenters. The summed E-state index contributed by atoms with van der Waals surface area (Å²) in [5.41, 5.74) is 5.12. The maximum Gasteiger partial charge on any atom is 0.205 e. The van der Waals surface area contributed by atoms with Gasteiger partial charge in [0.1, 0.15) is 16.9 Å². The first-order valence-corrected chi connectivity index (χ1v) is 11.7. The van der Waals surface area contributed by atoms with E-state index in [2.05, 4.69) is 33.6 Å². The van der Waals surface area contributed by atoms with Gasteiger partial charge >= 0.3 is 0 Å². The van der Waals surface area contributed by atoms with E-state index in [0.717, 1.165) is 45.3 Å². The highest BCUT2D eigenvalue weighted by Gasteiger charge is 2.15. The summed E-state index contributed by atoms with van der Waals surface area (Å²) in [6.07, 6.45) is 7.33. The van der Waals surface area contributed by atoms with Crippen LogP contribution < -0.4 is 4.74 Å². The number of benzene rings is 2. The van der Waals surface area contributed by atoms with Crippen LogP contribution in [0.2, 0.25) is 0 Å². The summed E-state index contributed by atoms with van der Waals surface area (Å²) >= 11 is 1.60. The monoisotopic (exact) mass is 452 g/mol. The van der Waals surface area contributed by atoms with Crippen LogP contribution in [0.5, 0.6) is 5.75 Å². The molecule has 6 heteroatoms. The lowest BCUT2D eigenvalue weighted by molar-refractivity contribution is 0.227. The Kier molecular flexibility index (Phi) is 7.57. The normalized spacial score (nSPS) is 12.2. The number of rotatable bonds is 9. The van der Waals surface area contributed by atoms with Crippen LogP contribution in [0, 0.1) is 11.5 Å². The third-order valence-electron chi connectivity index (χ3n) is 5.23. The fourth-order valence-corrected chi connectivity index (χ4v) is 4.39. The first kappa shape index (κ1) is 22.4. The highest BCUT2D eigenvalue weighted by atomic mass is 32.1. The van der Waals surface area contributed by atoms with Crippen LogP contribution in [0.25, 0.3) is 11.1 Å².